The number of hydrogen-bond acceptors (Lipinski definition) is 4. The lowest BCUT2D eigenvalue weighted by molar-refractivity contribution is 0.134. The molecule has 0 amide bonds. The van der Waals surface area contributed by atoms with Crippen LogP contribution in [0.15, 0.2) is 17.6 Å². The largest absolute Gasteiger partial charge is 0.393 e. The quantitative estimate of drug-likeness (QED) is 0.820. The van der Waals surface area contributed by atoms with Gasteiger partial charge in [0, 0.05) is 19.3 Å². The van der Waals surface area contributed by atoms with Crippen molar-refractivity contribution in [1.29, 1.82) is 0 Å². The standard InChI is InChI=1S/C13H23N3O3S/c1-10(2)7-16-8-13(14-9-16)20(18,19)15-6-11-4-3-5-12(11)17/h8-12,15,17H,3-7H2,1-2H3/t11-,12-/m0/s1. The number of nitrogens with zero attached hydrogens (tertiary/aromatic N) is 2. The van der Waals surface area contributed by atoms with E-state index in [4.69, 9.17) is 0 Å². The summed E-state index contributed by atoms with van der Waals surface area (Å²) in [6, 6.07) is 0. The number of sulfonamides is 1. The molecule has 0 aliphatic heterocycles. The third kappa shape index (κ3) is 3.80. The summed E-state index contributed by atoms with van der Waals surface area (Å²) in [6.07, 6.45) is 5.28. The highest BCUT2D eigenvalue weighted by Crippen LogP contribution is 2.25. The number of aromatic nitrogens is 2. The van der Waals surface area contributed by atoms with E-state index in [0.29, 0.717) is 5.92 Å². The van der Waals surface area contributed by atoms with Crippen LogP contribution < -0.4 is 4.72 Å². The molecule has 2 atom stereocenters. The lowest BCUT2D eigenvalue weighted by atomic mass is 10.1. The van der Waals surface area contributed by atoms with Crippen molar-refractivity contribution in [2.45, 2.75) is 50.8 Å². The van der Waals surface area contributed by atoms with Crippen molar-refractivity contribution < 1.29 is 13.5 Å². The molecule has 1 fully saturated rings. The Morgan fingerprint density at radius 3 is 2.85 bits per heavy atom. The second-order valence-electron chi connectivity index (χ2n) is 5.91. The summed E-state index contributed by atoms with van der Waals surface area (Å²) in [5.74, 6) is 0.448. The lowest BCUT2D eigenvalue weighted by Gasteiger charge is -2.14. The van der Waals surface area contributed by atoms with E-state index in [2.05, 4.69) is 23.6 Å². The van der Waals surface area contributed by atoms with Crippen molar-refractivity contribution in [2.24, 2.45) is 11.8 Å². The molecule has 0 spiro atoms. The fourth-order valence-electron chi connectivity index (χ4n) is 2.55. The molecular formula is C13H23N3O3S. The average Bonchev–Trinajstić information content (AvgIpc) is 2.95. The minimum absolute atomic E-state index is 0.0162. The van der Waals surface area contributed by atoms with Gasteiger partial charge in [-0.2, -0.15) is 0 Å². The maximum absolute atomic E-state index is 12.1. The Hall–Kier alpha value is -0.920. The zero-order valence-electron chi connectivity index (χ0n) is 12.0. The average molecular weight is 301 g/mol. The molecule has 6 nitrogen and oxygen atoms in total. The van der Waals surface area contributed by atoms with Crippen molar-refractivity contribution in [3.8, 4) is 0 Å². The van der Waals surface area contributed by atoms with Crippen LogP contribution in [0.1, 0.15) is 33.1 Å². The summed E-state index contributed by atoms with van der Waals surface area (Å²) in [6.45, 7) is 5.15. The molecule has 0 bridgehead atoms. The fraction of sp³-hybridized carbons (Fsp3) is 0.769. The molecule has 0 saturated heterocycles. The SMILES string of the molecule is CC(C)Cn1cnc(S(=O)(=O)NC[C@@H]2CCC[C@@H]2O)c1. The van der Waals surface area contributed by atoms with Gasteiger partial charge in [0.15, 0.2) is 5.03 Å². The fourth-order valence-corrected chi connectivity index (χ4v) is 3.59. The van der Waals surface area contributed by atoms with Crippen LogP contribution in [-0.2, 0) is 16.6 Å². The van der Waals surface area contributed by atoms with Crippen LogP contribution in [0.2, 0.25) is 0 Å². The second-order valence-corrected chi connectivity index (χ2v) is 7.63. The second kappa shape index (κ2) is 6.24. The number of hydrogen-bond donors (Lipinski definition) is 2. The Morgan fingerprint density at radius 2 is 2.25 bits per heavy atom. The molecular weight excluding hydrogens is 278 g/mol. The first-order chi connectivity index (χ1) is 9.38. The highest BCUT2D eigenvalue weighted by molar-refractivity contribution is 7.89. The van der Waals surface area contributed by atoms with Crippen molar-refractivity contribution >= 4 is 10.0 Å². The zero-order chi connectivity index (χ0) is 14.8. The molecule has 2 rings (SSSR count). The molecule has 1 aliphatic carbocycles. The van der Waals surface area contributed by atoms with Gasteiger partial charge in [0.05, 0.1) is 12.4 Å². The van der Waals surface area contributed by atoms with Crippen molar-refractivity contribution in [3.05, 3.63) is 12.5 Å². The van der Waals surface area contributed by atoms with E-state index < -0.39 is 16.1 Å². The normalized spacial score (nSPS) is 23.6. The number of imidazole rings is 1. The van der Waals surface area contributed by atoms with Gasteiger partial charge in [0.2, 0.25) is 0 Å². The van der Waals surface area contributed by atoms with E-state index in [9.17, 15) is 13.5 Å². The van der Waals surface area contributed by atoms with E-state index in [-0.39, 0.29) is 17.5 Å². The van der Waals surface area contributed by atoms with Gasteiger partial charge in [0.25, 0.3) is 10.0 Å². The summed E-state index contributed by atoms with van der Waals surface area (Å²) in [4.78, 5) is 3.96. The molecule has 1 aromatic rings. The Labute approximate surface area is 120 Å². The van der Waals surface area contributed by atoms with Gasteiger partial charge >= 0.3 is 0 Å². The Kier molecular flexibility index (Phi) is 4.82. The Morgan fingerprint density at radius 1 is 1.50 bits per heavy atom. The zero-order valence-corrected chi connectivity index (χ0v) is 12.8. The van der Waals surface area contributed by atoms with Gasteiger partial charge in [-0.3, -0.25) is 0 Å². The maximum atomic E-state index is 12.1. The van der Waals surface area contributed by atoms with Crippen LogP contribution in [0.5, 0.6) is 0 Å². The van der Waals surface area contributed by atoms with Crippen molar-refractivity contribution in [2.75, 3.05) is 6.54 Å². The predicted octanol–water partition coefficient (Wildman–Crippen LogP) is 0.978. The molecule has 114 valence electrons. The van der Waals surface area contributed by atoms with Crippen LogP contribution in [0.4, 0.5) is 0 Å². The van der Waals surface area contributed by atoms with Gasteiger partial charge in [-0.05, 0) is 24.7 Å². The van der Waals surface area contributed by atoms with Crippen molar-refractivity contribution in [1.82, 2.24) is 14.3 Å². The van der Waals surface area contributed by atoms with Gasteiger partial charge in [-0.25, -0.2) is 18.1 Å². The number of nitrogens with one attached hydrogen (secondary N) is 1. The molecule has 0 aromatic carbocycles. The number of rotatable bonds is 6. The van der Waals surface area contributed by atoms with Gasteiger partial charge < -0.3 is 9.67 Å². The van der Waals surface area contributed by atoms with E-state index >= 15 is 0 Å². The predicted molar refractivity (Wildman–Crippen MR) is 75.6 cm³/mol. The Balaban J connectivity index is 1.97. The van der Waals surface area contributed by atoms with Crippen LogP contribution in [-0.4, -0.2) is 35.7 Å². The smallest absolute Gasteiger partial charge is 0.259 e. The first-order valence-corrected chi connectivity index (χ1v) is 8.56. The molecule has 1 saturated carbocycles. The molecule has 1 heterocycles. The summed E-state index contributed by atoms with van der Waals surface area (Å²) in [5.41, 5.74) is 0. The number of aliphatic hydroxyl groups is 1. The third-order valence-corrected chi connectivity index (χ3v) is 4.92. The third-order valence-electron chi connectivity index (χ3n) is 3.62. The van der Waals surface area contributed by atoms with E-state index in [1.807, 2.05) is 0 Å². The lowest BCUT2D eigenvalue weighted by Crippen LogP contribution is -2.32. The van der Waals surface area contributed by atoms with E-state index in [0.717, 1.165) is 25.8 Å². The molecule has 0 radical (unpaired) electrons. The Bertz CT molecular complexity index is 539. The minimum Gasteiger partial charge on any atom is -0.393 e. The highest BCUT2D eigenvalue weighted by Gasteiger charge is 2.27. The van der Waals surface area contributed by atoms with Crippen LogP contribution in [0.25, 0.3) is 0 Å². The highest BCUT2D eigenvalue weighted by atomic mass is 32.2. The van der Waals surface area contributed by atoms with Crippen LogP contribution >= 0.6 is 0 Å². The van der Waals surface area contributed by atoms with Gasteiger partial charge in [0.1, 0.15) is 0 Å². The molecule has 0 unspecified atom stereocenters. The van der Waals surface area contributed by atoms with E-state index in [1.165, 1.54) is 0 Å². The van der Waals surface area contributed by atoms with Gasteiger partial charge in [-0.15, -0.1) is 0 Å². The minimum atomic E-state index is -3.58. The van der Waals surface area contributed by atoms with Gasteiger partial charge in [-0.1, -0.05) is 20.3 Å². The summed E-state index contributed by atoms with van der Waals surface area (Å²) in [5, 5.41) is 9.75. The maximum Gasteiger partial charge on any atom is 0.259 e. The summed E-state index contributed by atoms with van der Waals surface area (Å²) < 4.78 is 28.6. The molecule has 1 aromatic heterocycles. The van der Waals surface area contributed by atoms with E-state index in [1.54, 1.807) is 17.1 Å². The topological polar surface area (TPSA) is 84.2 Å². The first kappa shape index (κ1) is 15.5. The van der Waals surface area contributed by atoms with Crippen LogP contribution in [0.3, 0.4) is 0 Å². The summed E-state index contributed by atoms with van der Waals surface area (Å²) >= 11 is 0. The molecule has 7 heteroatoms. The van der Waals surface area contributed by atoms with Crippen LogP contribution in [0, 0.1) is 11.8 Å². The van der Waals surface area contributed by atoms with Crippen molar-refractivity contribution in [3.63, 3.8) is 0 Å². The molecule has 1 aliphatic rings. The molecule has 20 heavy (non-hydrogen) atoms. The summed E-state index contributed by atoms with van der Waals surface area (Å²) in [7, 11) is -3.58. The number of aliphatic hydroxyl groups excluding tert-OH is 1. The molecule has 2 N–H and O–H groups in total. The first-order valence-electron chi connectivity index (χ1n) is 7.08. The monoisotopic (exact) mass is 301 g/mol.